The fourth-order valence-electron chi connectivity index (χ4n) is 3.35. The lowest BCUT2D eigenvalue weighted by atomic mass is 9.88. The number of hydrogen-bond donors (Lipinski definition) is 1. The third-order valence-corrected chi connectivity index (χ3v) is 7.10. The van der Waals surface area contributed by atoms with E-state index >= 15 is 0 Å². The highest BCUT2D eigenvalue weighted by Gasteiger charge is 2.44. The molecule has 3 heterocycles. The van der Waals surface area contributed by atoms with E-state index in [0.29, 0.717) is 28.7 Å². The van der Waals surface area contributed by atoms with Crippen molar-refractivity contribution >= 4 is 49.6 Å². The van der Waals surface area contributed by atoms with Crippen molar-refractivity contribution in [3.8, 4) is 0 Å². The summed E-state index contributed by atoms with van der Waals surface area (Å²) in [4.78, 5) is 28.0. The Balaban J connectivity index is 1.79. The van der Waals surface area contributed by atoms with Crippen LogP contribution >= 0.6 is 11.3 Å². The second-order valence-corrected chi connectivity index (χ2v) is 9.67. The highest BCUT2D eigenvalue weighted by atomic mass is 32.2. The van der Waals surface area contributed by atoms with Gasteiger partial charge in [0.15, 0.2) is 11.7 Å². The van der Waals surface area contributed by atoms with Crippen LogP contribution in [0.15, 0.2) is 45.0 Å². The Bertz CT molecular complexity index is 1100. The summed E-state index contributed by atoms with van der Waals surface area (Å²) in [6, 6.07) is 8.37. The molecule has 0 aliphatic carbocycles. The number of thiophene rings is 1. The van der Waals surface area contributed by atoms with Gasteiger partial charge in [-0.05, 0) is 35.9 Å². The lowest BCUT2D eigenvalue weighted by Gasteiger charge is -2.34. The van der Waals surface area contributed by atoms with Crippen molar-refractivity contribution in [2.45, 2.75) is 25.2 Å². The summed E-state index contributed by atoms with van der Waals surface area (Å²) in [6.45, 7) is 4.56. The summed E-state index contributed by atoms with van der Waals surface area (Å²) in [7, 11) is -3.95. The van der Waals surface area contributed by atoms with E-state index in [9.17, 15) is 18.0 Å². The largest absolute Gasteiger partial charge is 0.333 e. The molecule has 1 aromatic carbocycles. The number of nitrogens with zero attached hydrogens (tertiary/aromatic N) is 2. The molecule has 0 saturated carbocycles. The number of Topliss-reactive ketones (excluding diaryl/α,β-unsaturated/α-hetero) is 1. The molecule has 0 fully saturated rings. The summed E-state index contributed by atoms with van der Waals surface area (Å²) in [5, 5.41) is 4.90. The van der Waals surface area contributed by atoms with Gasteiger partial charge < -0.3 is 10.2 Å². The number of carbonyl (C=O) groups is 2. The zero-order valence-electron chi connectivity index (χ0n) is 15.4. The number of amides is 1. The van der Waals surface area contributed by atoms with Crippen molar-refractivity contribution in [3.05, 3.63) is 41.3 Å². The van der Waals surface area contributed by atoms with E-state index in [1.54, 1.807) is 34.5 Å². The second-order valence-electron chi connectivity index (χ2n) is 7.18. The van der Waals surface area contributed by atoms with E-state index in [4.69, 9.17) is 0 Å². The number of ketones is 1. The molecule has 9 heteroatoms. The average molecular weight is 418 g/mol. The molecule has 2 aliphatic heterocycles. The van der Waals surface area contributed by atoms with Crippen molar-refractivity contribution in [1.82, 2.24) is 0 Å². The van der Waals surface area contributed by atoms with Gasteiger partial charge in [0.2, 0.25) is 5.91 Å². The monoisotopic (exact) mass is 417 g/mol. The molecule has 0 radical (unpaired) electrons. The van der Waals surface area contributed by atoms with Gasteiger partial charge in [-0.15, -0.1) is 15.7 Å². The quantitative estimate of drug-likeness (QED) is 0.771. The minimum absolute atomic E-state index is 0.0639. The minimum atomic E-state index is -3.95. The van der Waals surface area contributed by atoms with Gasteiger partial charge in [0.1, 0.15) is 15.7 Å². The summed E-state index contributed by atoms with van der Waals surface area (Å²) in [6.07, 6.45) is 0.758. The first-order valence-electron chi connectivity index (χ1n) is 8.93. The molecule has 0 bridgehead atoms. The third-order valence-electron chi connectivity index (χ3n) is 4.81. The smallest absolute Gasteiger partial charge is 0.286 e. The van der Waals surface area contributed by atoms with Gasteiger partial charge >= 0.3 is 0 Å². The first-order valence-corrected chi connectivity index (χ1v) is 11.3. The normalized spacial score (nSPS) is 20.5. The first kappa shape index (κ1) is 18.8. The Labute approximate surface area is 167 Å². The predicted molar refractivity (Wildman–Crippen MR) is 109 cm³/mol. The molecule has 28 heavy (non-hydrogen) atoms. The molecule has 1 amide bonds. The maximum Gasteiger partial charge on any atom is 0.286 e. The van der Waals surface area contributed by atoms with Gasteiger partial charge in [-0.2, -0.15) is 8.42 Å². The van der Waals surface area contributed by atoms with E-state index in [0.717, 1.165) is 6.42 Å². The molecule has 1 N–H and O–H groups in total. The Morgan fingerprint density at radius 3 is 2.71 bits per heavy atom. The van der Waals surface area contributed by atoms with Crippen LogP contribution in [0.5, 0.6) is 0 Å². The number of anilines is 2. The number of carbonyl (C=O) groups excluding carboxylic acids is 2. The number of sulfonamides is 1. The summed E-state index contributed by atoms with van der Waals surface area (Å²) in [5.41, 5.74) is 0.959. The Morgan fingerprint density at radius 1 is 1.21 bits per heavy atom. The molecule has 0 spiro atoms. The van der Waals surface area contributed by atoms with Crippen molar-refractivity contribution in [2.75, 3.05) is 16.8 Å². The lowest BCUT2D eigenvalue weighted by Crippen LogP contribution is -2.50. The number of nitrogens with one attached hydrogen (secondary N) is 1. The zero-order valence-corrected chi connectivity index (χ0v) is 17.0. The molecule has 1 unspecified atom stereocenters. The minimum Gasteiger partial charge on any atom is -0.333 e. The SMILES string of the molecule is CC(C)CCN1C(=O)C(C2=NS(=O)(=O)c3ccsc3N2)C(=O)c2ccccc21. The molecule has 2 aliphatic rings. The Hall–Kier alpha value is -2.52. The number of rotatable bonds is 4. The van der Waals surface area contributed by atoms with Gasteiger partial charge in [-0.25, -0.2) is 0 Å². The molecule has 146 valence electrons. The van der Waals surface area contributed by atoms with Crippen LogP contribution in [-0.4, -0.2) is 32.5 Å². The lowest BCUT2D eigenvalue weighted by molar-refractivity contribution is -0.119. The molecular weight excluding hydrogens is 398 g/mol. The van der Waals surface area contributed by atoms with Crippen molar-refractivity contribution in [3.63, 3.8) is 0 Å². The predicted octanol–water partition coefficient (Wildman–Crippen LogP) is 3.15. The van der Waals surface area contributed by atoms with Gasteiger partial charge in [0.05, 0.1) is 5.69 Å². The molecule has 2 aromatic rings. The van der Waals surface area contributed by atoms with Gasteiger partial charge in [-0.1, -0.05) is 26.0 Å². The fraction of sp³-hybridized carbons (Fsp3) is 0.316. The maximum atomic E-state index is 13.3. The molecular formula is C19H19N3O4S2. The van der Waals surface area contributed by atoms with E-state index < -0.39 is 27.6 Å². The first-order chi connectivity index (χ1) is 13.3. The van der Waals surface area contributed by atoms with Gasteiger partial charge in [0, 0.05) is 12.1 Å². The van der Waals surface area contributed by atoms with Crippen LogP contribution in [-0.2, 0) is 14.8 Å². The van der Waals surface area contributed by atoms with Crippen LogP contribution in [0.1, 0.15) is 30.6 Å². The third kappa shape index (κ3) is 3.04. The van der Waals surface area contributed by atoms with E-state index in [1.165, 1.54) is 17.4 Å². The summed E-state index contributed by atoms with van der Waals surface area (Å²) >= 11 is 1.19. The van der Waals surface area contributed by atoms with E-state index in [-0.39, 0.29) is 10.7 Å². The van der Waals surface area contributed by atoms with Gasteiger partial charge in [-0.3, -0.25) is 9.59 Å². The topological polar surface area (TPSA) is 95.9 Å². The van der Waals surface area contributed by atoms with Crippen molar-refractivity contribution in [2.24, 2.45) is 16.2 Å². The van der Waals surface area contributed by atoms with Crippen LogP contribution in [0.2, 0.25) is 0 Å². The molecule has 0 saturated heterocycles. The van der Waals surface area contributed by atoms with E-state index in [1.807, 2.05) is 0 Å². The second kappa shape index (κ2) is 6.82. The summed E-state index contributed by atoms with van der Waals surface area (Å²) in [5.74, 6) is -1.95. The standard InChI is InChI=1S/C19H19N3O4S2/c1-11(2)7-9-22-13-6-4-3-5-12(13)16(23)15(19(22)24)17-20-18-14(8-10-27-18)28(25,26)21-17/h3-6,8,10-11,15H,7,9H2,1-2H3,(H,20,21). The fourth-order valence-corrected chi connectivity index (χ4v) is 5.62. The number of hydrogen-bond acceptors (Lipinski definition) is 6. The van der Waals surface area contributed by atoms with Crippen LogP contribution in [0, 0.1) is 11.8 Å². The number of benzene rings is 1. The van der Waals surface area contributed by atoms with Crippen molar-refractivity contribution < 1.29 is 18.0 Å². The Morgan fingerprint density at radius 2 is 1.96 bits per heavy atom. The molecule has 1 aromatic heterocycles. The molecule has 1 atom stereocenters. The van der Waals surface area contributed by atoms with Crippen molar-refractivity contribution in [1.29, 1.82) is 0 Å². The average Bonchev–Trinajstić information content (AvgIpc) is 3.11. The number of para-hydroxylation sites is 1. The highest BCUT2D eigenvalue weighted by molar-refractivity contribution is 7.90. The van der Waals surface area contributed by atoms with E-state index in [2.05, 4.69) is 23.6 Å². The maximum absolute atomic E-state index is 13.3. The number of fused-ring (bicyclic) bond motifs is 2. The zero-order chi connectivity index (χ0) is 20.1. The highest BCUT2D eigenvalue weighted by Crippen LogP contribution is 2.37. The number of amidine groups is 1. The van der Waals surface area contributed by atoms with Crippen LogP contribution in [0.25, 0.3) is 0 Å². The van der Waals surface area contributed by atoms with Crippen LogP contribution in [0.4, 0.5) is 10.7 Å². The molecule has 7 nitrogen and oxygen atoms in total. The van der Waals surface area contributed by atoms with Crippen LogP contribution < -0.4 is 10.2 Å². The summed E-state index contributed by atoms with van der Waals surface area (Å²) < 4.78 is 28.7. The van der Waals surface area contributed by atoms with Crippen LogP contribution in [0.3, 0.4) is 0 Å². The van der Waals surface area contributed by atoms with Gasteiger partial charge in [0.25, 0.3) is 10.0 Å². The Kier molecular flexibility index (Phi) is 4.59. The molecule has 4 rings (SSSR count).